The van der Waals surface area contributed by atoms with Gasteiger partial charge in [-0.1, -0.05) is 18.7 Å². The maximum absolute atomic E-state index is 12.9. The van der Waals surface area contributed by atoms with Gasteiger partial charge < -0.3 is 9.88 Å². The number of aromatic nitrogens is 2. The highest BCUT2D eigenvalue weighted by molar-refractivity contribution is 7.99. The number of hydrogen-bond acceptors (Lipinski definition) is 3. The first-order valence-electron chi connectivity index (χ1n) is 7.72. The van der Waals surface area contributed by atoms with E-state index in [4.69, 9.17) is 0 Å². The van der Waals surface area contributed by atoms with Crippen LogP contribution in [0.25, 0.3) is 11.0 Å². The molecule has 0 aliphatic rings. The molecule has 4 nitrogen and oxygen atoms in total. The van der Waals surface area contributed by atoms with Crippen molar-refractivity contribution >= 4 is 28.7 Å². The minimum absolute atomic E-state index is 0.0434. The summed E-state index contributed by atoms with van der Waals surface area (Å²) < 4.78 is 40.5. The van der Waals surface area contributed by atoms with Crippen molar-refractivity contribution in [3.05, 3.63) is 23.8 Å². The van der Waals surface area contributed by atoms with E-state index in [0.717, 1.165) is 18.6 Å². The molecule has 24 heavy (non-hydrogen) atoms. The van der Waals surface area contributed by atoms with E-state index in [1.54, 1.807) is 4.57 Å². The summed E-state index contributed by atoms with van der Waals surface area (Å²) in [6, 6.07) is 3.58. The molecule has 1 aromatic heterocycles. The minimum Gasteiger partial charge on any atom is -0.353 e. The number of thioether (sulfide) groups is 1. The van der Waals surface area contributed by atoms with Gasteiger partial charge in [0.2, 0.25) is 5.91 Å². The summed E-state index contributed by atoms with van der Waals surface area (Å²) in [5, 5.41) is 3.34. The molecule has 1 aromatic carbocycles. The predicted molar refractivity (Wildman–Crippen MR) is 89.0 cm³/mol. The maximum atomic E-state index is 12.9. The fraction of sp³-hybridized carbons (Fsp3) is 0.500. The second kappa shape index (κ2) is 7.46. The molecule has 0 saturated carbocycles. The summed E-state index contributed by atoms with van der Waals surface area (Å²) >= 11 is 1.23. The number of fused-ring (bicyclic) bond motifs is 1. The quantitative estimate of drug-likeness (QED) is 0.791. The van der Waals surface area contributed by atoms with Gasteiger partial charge in [0, 0.05) is 12.6 Å². The average Bonchev–Trinajstić information content (AvgIpc) is 2.81. The van der Waals surface area contributed by atoms with Crippen LogP contribution in [0.1, 0.15) is 32.8 Å². The van der Waals surface area contributed by atoms with Crippen LogP contribution >= 0.6 is 11.8 Å². The Bertz CT molecular complexity index is 725. The largest absolute Gasteiger partial charge is 0.416 e. The number of aryl methyl sites for hydroxylation is 1. The summed E-state index contributed by atoms with van der Waals surface area (Å²) in [6.07, 6.45) is -3.63. The monoisotopic (exact) mass is 359 g/mol. The number of carbonyl (C=O) groups excluding carboxylic acids is 1. The lowest BCUT2D eigenvalue weighted by molar-refractivity contribution is -0.137. The van der Waals surface area contributed by atoms with Crippen molar-refractivity contribution in [1.29, 1.82) is 0 Å². The van der Waals surface area contributed by atoms with Crippen LogP contribution in [0.4, 0.5) is 13.2 Å². The van der Waals surface area contributed by atoms with Gasteiger partial charge in [0.1, 0.15) is 0 Å². The molecule has 1 heterocycles. The summed E-state index contributed by atoms with van der Waals surface area (Å²) in [5.74, 6) is 0.0539. The molecule has 0 atom stereocenters. The number of nitrogens with one attached hydrogen (secondary N) is 1. The van der Waals surface area contributed by atoms with Gasteiger partial charge in [-0.2, -0.15) is 13.2 Å². The first-order chi connectivity index (χ1) is 11.2. The average molecular weight is 359 g/mol. The fourth-order valence-electron chi connectivity index (χ4n) is 2.32. The number of rotatable bonds is 6. The summed E-state index contributed by atoms with van der Waals surface area (Å²) in [7, 11) is 0. The Balaban J connectivity index is 2.32. The van der Waals surface area contributed by atoms with Crippen molar-refractivity contribution in [1.82, 2.24) is 14.9 Å². The van der Waals surface area contributed by atoms with E-state index >= 15 is 0 Å². The molecule has 0 fully saturated rings. The van der Waals surface area contributed by atoms with Crippen LogP contribution < -0.4 is 5.32 Å². The third kappa shape index (κ3) is 4.43. The van der Waals surface area contributed by atoms with E-state index in [0.29, 0.717) is 22.7 Å². The zero-order chi connectivity index (χ0) is 17.9. The van der Waals surface area contributed by atoms with Crippen molar-refractivity contribution in [2.24, 2.45) is 0 Å². The molecule has 8 heteroatoms. The van der Waals surface area contributed by atoms with E-state index in [1.165, 1.54) is 17.8 Å². The smallest absolute Gasteiger partial charge is 0.353 e. The first-order valence-corrected chi connectivity index (χ1v) is 8.70. The molecule has 0 aliphatic heterocycles. The second-order valence-electron chi connectivity index (χ2n) is 5.76. The Morgan fingerprint density at radius 1 is 1.38 bits per heavy atom. The van der Waals surface area contributed by atoms with Crippen molar-refractivity contribution in [2.75, 3.05) is 5.75 Å². The summed E-state index contributed by atoms with van der Waals surface area (Å²) in [4.78, 5) is 16.2. The van der Waals surface area contributed by atoms with Crippen molar-refractivity contribution < 1.29 is 18.0 Å². The van der Waals surface area contributed by atoms with E-state index < -0.39 is 11.7 Å². The molecule has 0 spiro atoms. The normalized spacial score (nSPS) is 12.1. The zero-order valence-electron chi connectivity index (χ0n) is 13.8. The molecular formula is C16H20F3N3OS. The van der Waals surface area contributed by atoms with Crippen LogP contribution in [0.3, 0.4) is 0 Å². The molecular weight excluding hydrogens is 339 g/mol. The summed E-state index contributed by atoms with van der Waals surface area (Å²) in [6.45, 7) is 6.23. The minimum atomic E-state index is -4.39. The number of nitrogens with zero attached hydrogens (tertiary/aromatic N) is 2. The third-order valence-electron chi connectivity index (χ3n) is 3.27. The SMILES string of the molecule is CCCn1c(SCC(=O)NC(C)C)nc2ccc(C(F)(F)F)cc21. The number of alkyl halides is 3. The molecule has 0 bridgehead atoms. The van der Waals surface area contributed by atoms with E-state index in [1.807, 2.05) is 20.8 Å². The molecule has 0 aliphatic carbocycles. The lowest BCUT2D eigenvalue weighted by Crippen LogP contribution is -2.31. The Kier molecular flexibility index (Phi) is 5.79. The molecule has 0 unspecified atom stereocenters. The molecule has 1 N–H and O–H groups in total. The van der Waals surface area contributed by atoms with Gasteiger partial charge in [-0.25, -0.2) is 4.98 Å². The molecule has 2 rings (SSSR count). The van der Waals surface area contributed by atoms with Gasteiger partial charge in [0.05, 0.1) is 22.3 Å². The zero-order valence-corrected chi connectivity index (χ0v) is 14.6. The van der Waals surface area contributed by atoms with Crippen molar-refractivity contribution in [2.45, 2.75) is 51.1 Å². The van der Waals surface area contributed by atoms with E-state index in [2.05, 4.69) is 10.3 Å². The van der Waals surface area contributed by atoms with E-state index in [-0.39, 0.29) is 17.7 Å². The van der Waals surface area contributed by atoms with Crippen LogP contribution in [0, 0.1) is 0 Å². The number of halogens is 3. The first kappa shape index (κ1) is 18.6. The van der Waals surface area contributed by atoms with Gasteiger partial charge in [-0.3, -0.25) is 4.79 Å². The van der Waals surface area contributed by atoms with Crippen molar-refractivity contribution in [3.8, 4) is 0 Å². The Labute approximate surface area is 142 Å². The highest BCUT2D eigenvalue weighted by Crippen LogP contribution is 2.33. The topological polar surface area (TPSA) is 46.9 Å². The molecule has 132 valence electrons. The van der Waals surface area contributed by atoms with Crippen LogP contribution in [0.2, 0.25) is 0 Å². The maximum Gasteiger partial charge on any atom is 0.416 e. The van der Waals surface area contributed by atoms with Crippen LogP contribution in [-0.2, 0) is 17.5 Å². The summed E-state index contributed by atoms with van der Waals surface area (Å²) in [5.41, 5.74) is 0.253. The molecule has 0 radical (unpaired) electrons. The van der Waals surface area contributed by atoms with Gasteiger partial charge in [-0.05, 0) is 38.5 Å². The lowest BCUT2D eigenvalue weighted by Gasteiger charge is -2.10. The van der Waals surface area contributed by atoms with Crippen LogP contribution in [-0.4, -0.2) is 27.3 Å². The van der Waals surface area contributed by atoms with Gasteiger partial charge in [0.15, 0.2) is 5.16 Å². The number of amides is 1. The Morgan fingerprint density at radius 3 is 2.67 bits per heavy atom. The highest BCUT2D eigenvalue weighted by Gasteiger charge is 2.31. The van der Waals surface area contributed by atoms with E-state index in [9.17, 15) is 18.0 Å². The third-order valence-corrected chi connectivity index (χ3v) is 4.25. The number of benzene rings is 1. The Hall–Kier alpha value is -1.70. The molecule has 0 saturated heterocycles. The van der Waals surface area contributed by atoms with Gasteiger partial charge >= 0.3 is 6.18 Å². The van der Waals surface area contributed by atoms with Gasteiger partial charge in [0.25, 0.3) is 0 Å². The number of hydrogen-bond donors (Lipinski definition) is 1. The van der Waals surface area contributed by atoms with Crippen molar-refractivity contribution in [3.63, 3.8) is 0 Å². The molecule has 2 aromatic rings. The molecule has 1 amide bonds. The van der Waals surface area contributed by atoms with Gasteiger partial charge in [-0.15, -0.1) is 0 Å². The van der Waals surface area contributed by atoms with Crippen LogP contribution in [0.5, 0.6) is 0 Å². The van der Waals surface area contributed by atoms with Crippen LogP contribution in [0.15, 0.2) is 23.4 Å². The Morgan fingerprint density at radius 2 is 2.08 bits per heavy atom. The lowest BCUT2D eigenvalue weighted by atomic mass is 10.2. The number of carbonyl (C=O) groups is 1. The highest BCUT2D eigenvalue weighted by atomic mass is 32.2. The predicted octanol–water partition coefficient (Wildman–Crippen LogP) is 4.08. The number of imidazole rings is 1. The standard InChI is InChI=1S/C16H20F3N3OS/c1-4-7-22-13-8-11(16(17,18)19)5-6-12(13)21-15(22)24-9-14(23)20-10(2)3/h5-6,8,10H,4,7,9H2,1-3H3,(H,20,23). The second-order valence-corrected chi connectivity index (χ2v) is 6.70. The fourth-order valence-corrected chi connectivity index (χ4v) is 3.17.